The average Bonchev–Trinajstić information content (AvgIpc) is 2.98. The molecule has 1 aliphatic heterocycles. The molecule has 0 bridgehead atoms. The smallest absolute Gasteiger partial charge is 0.387 e. The maximum absolute atomic E-state index is 12.7. The number of anilines is 1. The zero-order valence-corrected chi connectivity index (χ0v) is 12.5. The number of rotatable bonds is 4. The molecule has 2 aromatic carbocycles. The molecule has 3 rings (SSSR count). The number of para-hydroxylation sites is 1. The Morgan fingerprint density at radius 1 is 1.17 bits per heavy atom. The molecule has 6 heteroatoms. The van der Waals surface area contributed by atoms with Crippen LogP contribution in [0.15, 0.2) is 42.5 Å². The molecule has 0 N–H and O–H groups in total. The number of ether oxygens (including phenoxy) is 2. The minimum atomic E-state index is -2.95. The number of alkyl halides is 2. The highest BCUT2D eigenvalue weighted by molar-refractivity contribution is 6.07. The summed E-state index contributed by atoms with van der Waals surface area (Å²) in [4.78, 5) is 14.4. The van der Waals surface area contributed by atoms with Crippen LogP contribution >= 0.6 is 0 Å². The topological polar surface area (TPSA) is 38.8 Å². The molecule has 1 heterocycles. The van der Waals surface area contributed by atoms with Crippen molar-refractivity contribution in [2.75, 3.05) is 18.6 Å². The fourth-order valence-electron chi connectivity index (χ4n) is 2.70. The molecule has 0 fully saturated rings. The van der Waals surface area contributed by atoms with Gasteiger partial charge in [0, 0.05) is 17.8 Å². The van der Waals surface area contributed by atoms with Crippen molar-refractivity contribution in [3.8, 4) is 11.5 Å². The van der Waals surface area contributed by atoms with Crippen molar-refractivity contribution in [3.05, 3.63) is 53.6 Å². The van der Waals surface area contributed by atoms with E-state index in [4.69, 9.17) is 4.74 Å². The SMILES string of the molecule is COc1cc(C(=O)N2CCc3ccccc32)ccc1OC(F)F. The van der Waals surface area contributed by atoms with E-state index in [2.05, 4.69) is 4.74 Å². The minimum Gasteiger partial charge on any atom is -0.493 e. The third-order valence-electron chi connectivity index (χ3n) is 3.76. The largest absolute Gasteiger partial charge is 0.493 e. The number of amides is 1. The molecule has 0 saturated carbocycles. The van der Waals surface area contributed by atoms with Gasteiger partial charge in [-0.3, -0.25) is 4.79 Å². The summed E-state index contributed by atoms with van der Waals surface area (Å²) in [6.45, 7) is -2.36. The van der Waals surface area contributed by atoms with Gasteiger partial charge in [0.25, 0.3) is 5.91 Å². The Morgan fingerprint density at radius 3 is 2.70 bits per heavy atom. The number of carbonyl (C=O) groups is 1. The molecule has 0 atom stereocenters. The van der Waals surface area contributed by atoms with Crippen molar-refractivity contribution in [2.24, 2.45) is 0 Å². The highest BCUT2D eigenvalue weighted by Crippen LogP contribution is 2.32. The van der Waals surface area contributed by atoms with Crippen molar-refractivity contribution in [2.45, 2.75) is 13.0 Å². The molecule has 0 aliphatic carbocycles. The van der Waals surface area contributed by atoms with Crippen LogP contribution in [0.1, 0.15) is 15.9 Å². The first-order valence-corrected chi connectivity index (χ1v) is 7.13. The van der Waals surface area contributed by atoms with Gasteiger partial charge in [0.05, 0.1) is 7.11 Å². The fraction of sp³-hybridized carbons (Fsp3) is 0.235. The highest BCUT2D eigenvalue weighted by atomic mass is 19.3. The van der Waals surface area contributed by atoms with Gasteiger partial charge in [-0.15, -0.1) is 0 Å². The predicted octanol–water partition coefficient (Wildman–Crippen LogP) is 3.50. The van der Waals surface area contributed by atoms with Crippen LogP contribution in [0.5, 0.6) is 11.5 Å². The third kappa shape index (κ3) is 2.97. The van der Waals surface area contributed by atoms with E-state index in [-0.39, 0.29) is 17.4 Å². The van der Waals surface area contributed by atoms with E-state index in [1.807, 2.05) is 24.3 Å². The van der Waals surface area contributed by atoms with Crippen molar-refractivity contribution >= 4 is 11.6 Å². The second kappa shape index (κ2) is 6.24. The lowest BCUT2D eigenvalue weighted by atomic mass is 10.1. The van der Waals surface area contributed by atoms with Crippen LogP contribution in [0.3, 0.4) is 0 Å². The number of hydrogen-bond acceptors (Lipinski definition) is 3. The number of hydrogen-bond donors (Lipinski definition) is 0. The molecule has 0 aromatic heterocycles. The van der Waals surface area contributed by atoms with Crippen LogP contribution < -0.4 is 14.4 Å². The van der Waals surface area contributed by atoms with Gasteiger partial charge in [-0.2, -0.15) is 8.78 Å². The fourth-order valence-corrected chi connectivity index (χ4v) is 2.70. The number of benzene rings is 2. The van der Waals surface area contributed by atoms with Crippen molar-refractivity contribution in [3.63, 3.8) is 0 Å². The molecule has 0 unspecified atom stereocenters. The highest BCUT2D eigenvalue weighted by Gasteiger charge is 2.26. The normalized spacial score (nSPS) is 13.1. The Labute approximate surface area is 132 Å². The molecular weight excluding hydrogens is 304 g/mol. The number of methoxy groups -OCH3 is 1. The van der Waals surface area contributed by atoms with Crippen LogP contribution in [-0.2, 0) is 6.42 Å². The molecule has 120 valence electrons. The monoisotopic (exact) mass is 319 g/mol. The summed E-state index contributed by atoms with van der Waals surface area (Å²) in [5.74, 6) is -0.193. The lowest BCUT2D eigenvalue weighted by Gasteiger charge is -2.18. The van der Waals surface area contributed by atoms with E-state index in [0.29, 0.717) is 12.1 Å². The standard InChI is InChI=1S/C17H15F2NO3/c1-22-15-10-12(6-7-14(15)23-17(18)19)16(21)20-9-8-11-4-2-3-5-13(11)20/h2-7,10,17H,8-9H2,1H3. The van der Waals surface area contributed by atoms with Gasteiger partial charge in [0.2, 0.25) is 0 Å². The maximum Gasteiger partial charge on any atom is 0.387 e. The third-order valence-corrected chi connectivity index (χ3v) is 3.76. The first-order chi connectivity index (χ1) is 11.1. The second-order valence-electron chi connectivity index (χ2n) is 5.08. The van der Waals surface area contributed by atoms with E-state index in [1.54, 1.807) is 4.90 Å². The molecule has 0 spiro atoms. The molecule has 2 aromatic rings. The van der Waals surface area contributed by atoms with Gasteiger partial charge in [-0.05, 0) is 36.2 Å². The first-order valence-electron chi connectivity index (χ1n) is 7.13. The molecule has 1 amide bonds. The Kier molecular flexibility index (Phi) is 4.14. The van der Waals surface area contributed by atoms with Gasteiger partial charge in [0.15, 0.2) is 11.5 Å². The lowest BCUT2D eigenvalue weighted by molar-refractivity contribution is -0.0512. The summed E-state index contributed by atoms with van der Waals surface area (Å²) < 4.78 is 34.1. The van der Waals surface area contributed by atoms with Crippen molar-refractivity contribution < 1.29 is 23.0 Å². The average molecular weight is 319 g/mol. The van der Waals surface area contributed by atoms with E-state index >= 15 is 0 Å². The molecule has 4 nitrogen and oxygen atoms in total. The quantitative estimate of drug-likeness (QED) is 0.866. The van der Waals surface area contributed by atoms with Crippen molar-refractivity contribution in [1.82, 2.24) is 0 Å². The molecule has 0 saturated heterocycles. The summed E-state index contributed by atoms with van der Waals surface area (Å²) >= 11 is 0. The van der Waals surface area contributed by atoms with Crippen LogP contribution in [0.2, 0.25) is 0 Å². The second-order valence-corrected chi connectivity index (χ2v) is 5.08. The summed E-state index contributed by atoms with van der Waals surface area (Å²) in [5.41, 5.74) is 2.36. The summed E-state index contributed by atoms with van der Waals surface area (Å²) in [6, 6.07) is 11.9. The van der Waals surface area contributed by atoms with Crippen LogP contribution in [-0.4, -0.2) is 26.2 Å². The summed E-state index contributed by atoms with van der Waals surface area (Å²) in [5, 5.41) is 0. The number of halogens is 2. The Morgan fingerprint density at radius 2 is 1.96 bits per heavy atom. The Bertz CT molecular complexity index is 734. The van der Waals surface area contributed by atoms with E-state index in [9.17, 15) is 13.6 Å². The summed E-state index contributed by atoms with van der Waals surface area (Å²) in [7, 11) is 1.34. The zero-order chi connectivity index (χ0) is 16.4. The Balaban J connectivity index is 1.89. The molecule has 1 aliphatic rings. The number of nitrogens with zero attached hydrogens (tertiary/aromatic N) is 1. The zero-order valence-electron chi connectivity index (χ0n) is 12.5. The van der Waals surface area contributed by atoms with Gasteiger partial charge in [-0.1, -0.05) is 18.2 Å². The Hall–Kier alpha value is -2.63. The van der Waals surface area contributed by atoms with E-state index in [0.717, 1.165) is 17.7 Å². The van der Waals surface area contributed by atoms with Crippen molar-refractivity contribution in [1.29, 1.82) is 0 Å². The minimum absolute atomic E-state index is 0.0964. The summed E-state index contributed by atoms with van der Waals surface area (Å²) in [6.07, 6.45) is 0.797. The molecule has 0 radical (unpaired) electrons. The number of carbonyl (C=O) groups excluding carboxylic acids is 1. The number of fused-ring (bicyclic) bond motifs is 1. The van der Waals surface area contributed by atoms with Crippen LogP contribution in [0, 0.1) is 0 Å². The van der Waals surface area contributed by atoms with E-state index < -0.39 is 6.61 Å². The molecule has 23 heavy (non-hydrogen) atoms. The van der Waals surface area contributed by atoms with Gasteiger partial charge < -0.3 is 14.4 Å². The van der Waals surface area contributed by atoms with Gasteiger partial charge in [0.1, 0.15) is 0 Å². The van der Waals surface area contributed by atoms with E-state index in [1.165, 1.54) is 25.3 Å². The molecular formula is C17H15F2NO3. The maximum atomic E-state index is 12.7. The predicted molar refractivity (Wildman–Crippen MR) is 81.4 cm³/mol. The lowest BCUT2D eigenvalue weighted by Crippen LogP contribution is -2.28. The van der Waals surface area contributed by atoms with Crippen LogP contribution in [0.4, 0.5) is 14.5 Å². The van der Waals surface area contributed by atoms with Gasteiger partial charge in [-0.25, -0.2) is 0 Å². The van der Waals surface area contributed by atoms with Gasteiger partial charge >= 0.3 is 6.61 Å². The van der Waals surface area contributed by atoms with Crippen LogP contribution in [0.25, 0.3) is 0 Å². The first kappa shape index (κ1) is 15.3.